The molecule has 0 aromatic carbocycles. The number of primary amides is 1. The zero-order chi connectivity index (χ0) is 10.6. The van der Waals surface area contributed by atoms with Crippen LogP contribution in [0.25, 0.3) is 0 Å². The summed E-state index contributed by atoms with van der Waals surface area (Å²) in [6.07, 6.45) is 1.90. The molecule has 0 aliphatic heterocycles. The summed E-state index contributed by atoms with van der Waals surface area (Å²) in [5, 5.41) is 3.09. The third-order valence-corrected chi connectivity index (χ3v) is 1.70. The summed E-state index contributed by atoms with van der Waals surface area (Å²) in [7, 11) is 0. The van der Waals surface area contributed by atoms with Crippen molar-refractivity contribution in [3.05, 3.63) is 18.3 Å². The van der Waals surface area contributed by atoms with Crippen LogP contribution in [0.4, 0.5) is 11.5 Å². The van der Waals surface area contributed by atoms with Crippen LogP contribution in [0.5, 0.6) is 0 Å². The Morgan fingerprint density at radius 3 is 3.00 bits per heavy atom. The van der Waals surface area contributed by atoms with E-state index >= 15 is 0 Å². The van der Waals surface area contributed by atoms with E-state index in [-0.39, 0.29) is 11.9 Å². The van der Waals surface area contributed by atoms with E-state index in [1.807, 2.05) is 6.92 Å². The predicted octanol–water partition coefficient (Wildman–Crippen LogP) is 0.340. The minimum atomic E-state index is -0.327. The number of hydrogen-bond donors (Lipinski definition) is 3. The van der Waals surface area contributed by atoms with Gasteiger partial charge >= 0.3 is 0 Å². The first kappa shape index (κ1) is 10.3. The molecule has 5 heteroatoms. The second-order valence-corrected chi connectivity index (χ2v) is 3.19. The molecular weight excluding hydrogens is 180 g/mol. The van der Waals surface area contributed by atoms with E-state index < -0.39 is 0 Å². The molecule has 0 saturated carbocycles. The zero-order valence-electron chi connectivity index (χ0n) is 8.03. The van der Waals surface area contributed by atoms with Gasteiger partial charge in [-0.25, -0.2) is 4.98 Å². The Kier molecular flexibility index (Phi) is 3.28. The van der Waals surface area contributed by atoms with Crippen LogP contribution in [0.1, 0.15) is 13.3 Å². The fraction of sp³-hybridized carbons (Fsp3) is 0.333. The molecule has 76 valence electrons. The van der Waals surface area contributed by atoms with Crippen LogP contribution in [0.15, 0.2) is 18.3 Å². The van der Waals surface area contributed by atoms with Crippen molar-refractivity contribution in [3.63, 3.8) is 0 Å². The Labute approximate surface area is 82.5 Å². The van der Waals surface area contributed by atoms with Gasteiger partial charge in [0.05, 0.1) is 0 Å². The Hall–Kier alpha value is -1.78. The molecule has 1 atom stereocenters. The number of anilines is 2. The molecule has 0 saturated heterocycles. The number of pyridine rings is 1. The molecule has 0 aliphatic carbocycles. The summed E-state index contributed by atoms with van der Waals surface area (Å²) < 4.78 is 0. The lowest BCUT2D eigenvalue weighted by molar-refractivity contribution is -0.118. The van der Waals surface area contributed by atoms with Crippen molar-refractivity contribution in [3.8, 4) is 0 Å². The normalized spacial score (nSPS) is 12.1. The number of nitrogen functional groups attached to an aromatic ring is 1. The molecule has 1 rings (SSSR count). The van der Waals surface area contributed by atoms with Gasteiger partial charge in [-0.2, -0.15) is 0 Å². The molecule has 1 aromatic rings. The molecule has 1 unspecified atom stereocenters. The lowest BCUT2D eigenvalue weighted by Crippen LogP contribution is -2.24. The highest BCUT2D eigenvalue weighted by atomic mass is 16.1. The van der Waals surface area contributed by atoms with Gasteiger partial charge in [0.2, 0.25) is 5.91 Å². The number of carbonyl (C=O) groups is 1. The van der Waals surface area contributed by atoms with Crippen LogP contribution >= 0.6 is 0 Å². The summed E-state index contributed by atoms with van der Waals surface area (Å²) in [6.45, 7) is 1.88. The van der Waals surface area contributed by atoms with Crippen molar-refractivity contribution in [2.45, 2.75) is 19.4 Å². The smallest absolute Gasteiger partial charge is 0.219 e. The SMILES string of the molecule is CC(CC(N)=O)Nc1ccnc(N)c1. The van der Waals surface area contributed by atoms with Gasteiger partial charge in [-0.3, -0.25) is 4.79 Å². The van der Waals surface area contributed by atoms with Gasteiger partial charge in [0.25, 0.3) is 0 Å². The van der Waals surface area contributed by atoms with Crippen LogP contribution in [0.3, 0.4) is 0 Å². The highest BCUT2D eigenvalue weighted by molar-refractivity contribution is 5.74. The monoisotopic (exact) mass is 194 g/mol. The van der Waals surface area contributed by atoms with Crippen molar-refractivity contribution in [2.24, 2.45) is 5.73 Å². The van der Waals surface area contributed by atoms with Gasteiger partial charge in [0.1, 0.15) is 5.82 Å². The topological polar surface area (TPSA) is 94.0 Å². The first-order valence-corrected chi connectivity index (χ1v) is 4.34. The van der Waals surface area contributed by atoms with Crippen LogP contribution in [-0.2, 0) is 4.79 Å². The van der Waals surface area contributed by atoms with Gasteiger partial charge < -0.3 is 16.8 Å². The van der Waals surface area contributed by atoms with Crippen molar-refractivity contribution >= 4 is 17.4 Å². The highest BCUT2D eigenvalue weighted by Gasteiger charge is 2.05. The van der Waals surface area contributed by atoms with E-state index in [2.05, 4.69) is 10.3 Å². The number of nitrogens with zero attached hydrogens (tertiary/aromatic N) is 1. The first-order valence-electron chi connectivity index (χ1n) is 4.34. The second-order valence-electron chi connectivity index (χ2n) is 3.19. The van der Waals surface area contributed by atoms with Gasteiger partial charge in [0, 0.05) is 30.4 Å². The number of amides is 1. The summed E-state index contributed by atoms with van der Waals surface area (Å²) in [5.74, 6) is 0.119. The Morgan fingerprint density at radius 1 is 1.71 bits per heavy atom. The lowest BCUT2D eigenvalue weighted by atomic mass is 10.2. The zero-order valence-corrected chi connectivity index (χ0v) is 8.03. The average molecular weight is 194 g/mol. The van der Waals surface area contributed by atoms with Gasteiger partial charge in [-0.05, 0) is 13.0 Å². The largest absolute Gasteiger partial charge is 0.384 e. The van der Waals surface area contributed by atoms with Crippen molar-refractivity contribution in [2.75, 3.05) is 11.1 Å². The van der Waals surface area contributed by atoms with E-state index in [1.165, 1.54) is 0 Å². The van der Waals surface area contributed by atoms with Crippen molar-refractivity contribution < 1.29 is 4.79 Å². The molecule has 5 N–H and O–H groups in total. The molecule has 1 amide bonds. The minimum Gasteiger partial charge on any atom is -0.384 e. The number of nitrogens with two attached hydrogens (primary N) is 2. The molecule has 1 heterocycles. The number of rotatable bonds is 4. The third kappa shape index (κ3) is 3.30. The molecule has 0 radical (unpaired) electrons. The Morgan fingerprint density at radius 2 is 2.43 bits per heavy atom. The molecule has 1 aromatic heterocycles. The summed E-state index contributed by atoms with van der Waals surface area (Å²) in [5.41, 5.74) is 11.4. The molecule has 0 fully saturated rings. The molecule has 14 heavy (non-hydrogen) atoms. The Balaban J connectivity index is 2.55. The van der Waals surface area contributed by atoms with Gasteiger partial charge in [-0.15, -0.1) is 0 Å². The van der Waals surface area contributed by atoms with E-state index in [9.17, 15) is 4.79 Å². The van der Waals surface area contributed by atoms with Crippen LogP contribution in [0, 0.1) is 0 Å². The number of hydrogen-bond acceptors (Lipinski definition) is 4. The molecule has 0 spiro atoms. The maximum atomic E-state index is 10.6. The van der Waals surface area contributed by atoms with Crippen LogP contribution in [0.2, 0.25) is 0 Å². The van der Waals surface area contributed by atoms with E-state index in [4.69, 9.17) is 11.5 Å². The van der Waals surface area contributed by atoms with Gasteiger partial charge in [-0.1, -0.05) is 0 Å². The fourth-order valence-electron chi connectivity index (χ4n) is 1.18. The molecule has 0 aliphatic rings. The van der Waals surface area contributed by atoms with Crippen LogP contribution < -0.4 is 16.8 Å². The lowest BCUT2D eigenvalue weighted by Gasteiger charge is -2.13. The first-order chi connectivity index (χ1) is 6.58. The van der Waals surface area contributed by atoms with Crippen molar-refractivity contribution in [1.29, 1.82) is 0 Å². The van der Waals surface area contributed by atoms with Gasteiger partial charge in [0.15, 0.2) is 0 Å². The van der Waals surface area contributed by atoms with E-state index in [0.717, 1.165) is 5.69 Å². The molecule has 5 nitrogen and oxygen atoms in total. The maximum Gasteiger partial charge on any atom is 0.219 e. The van der Waals surface area contributed by atoms with E-state index in [1.54, 1.807) is 18.3 Å². The van der Waals surface area contributed by atoms with E-state index in [0.29, 0.717) is 12.2 Å². The Bertz CT molecular complexity index is 326. The minimum absolute atomic E-state index is 0.00528. The quantitative estimate of drug-likeness (QED) is 0.644. The predicted molar refractivity (Wildman–Crippen MR) is 55.5 cm³/mol. The summed E-state index contributed by atoms with van der Waals surface area (Å²) >= 11 is 0. The molecule has 0 bridgehead atoms. The fourth-order valence-corrected chi connectivity index (χ4v) is 1.18. The molecular formula is C9H14N4O. The maximum absolute atomic E-state index is 10.6. The van der Waals surface area contributed by atoms with Crippen LogP contribution in [-0.4, -0.2) is 16.9 Å². The summed E-state index contributed by atoms with van der Waals surface area (Å²) in [6, 6.07) is 3.49. The number of nitrogens with one attached hydrogen (secondary N) is 1. The third-order valence-electron chi connectivity index (χ3n) is 1.70. The highest BCUT2D eigenvalue weighted by Crippen LogP contribution is 2.11. The summed E-state index contributed by atoms with van der Waals surface area (Å²) in [4.78, 5) is 14.5. The number of aromatic nitrogens is 1. The number of carbonyl (C=O) groups excluding carboxylic acids is 1. The second kappa shape index (κ2) is 4.45. The average Bonchev–Trinajstić information content (AvgIpc) is 2.01. The standard InChI is InChI=1S/C9H14N4O/c1-6(4-9(11)14)13-7-2-3-12-8(10)5-7/h2-3,5-6H,4H2,1H3,(H2,11,14)(H3,10,12,13). The van der Waals surface area contributed by atoms with Crippen molar-refractivity contribution in [1.82, 2.24) is 4.98 Å².